The Kier molecular flexibility index (Phi) is 2.40. The number of aromatic nitrogens is 2. The van der Waals surface area contributed by atoms with Crippen molar-refractivity contribution in [3.8, 4) is 0 Å². The van der Waals surface area contributed by atoms with Gasteiger partial charge in [-0.15, -0.1) is 11.3 Å². The highest BCUT2D eigenvalue weighted by Crippen LogP contribution is 2.18. The normalized spacial score (nSPS) is 10.5. The fourth-order valence-electron chi connectivity index (χ4n) is 1.08. The van der Waals surface area contributed by atoms with E-state index in [1.165, 1.54) is 0 Å². The highest BCUT2D eigenvalue weighted by atomic mass is 32.1. The maximum Gasteiger partial charge on any atom is 0.224 e. The Morgan fingerprint density at radius 3 is 3.31 bits per heavy atom. The molecule has 2 aromatic heterocycles. The van der Waals surface area contributed by atoms with Crippen LogP contribution in [0.5, 0.6) is 0 Å². The molecular weight excluding hydrogens is 182 g/mol. The molecule has 1 N–H and O–H groups in total. The first-order valence-corrected chi connectivity index (χ1v) is 5.22. The van der Waals surface area contributed by atoms with Crippen LogP contribution >= 0.6 is 11.3 Å². The number of nitrogens with one attached hydrogen (secondary N) is 1. The summed E-state index contributed by atoms with van der Waals surface area (Å²) in [4.78, 5) is 9.62. The minimum atomic E-state index is 0.733. The van der Waals surface area contributed by atoms with Gasteiger partial charge in [0.2, 0.25) is 5.95 Å². The standard InChI is InChI=1S/C9H11N3S/c1-2-4-10-9-11-6-7-3-5-13-8(7)12-9/h3,5-6H,2,4H2,1H3,(H,10,11,12). The molecule has 4 heteroatoms. The van der Waals surface area contributed by atoms with E-state index in [2.05, 4.69) is 22.2 Å². The largest absolute Gasteiger partial charge is 0.354 e. The highest BCUT2D eigenvalue weighted by Gasteiger charge is 1.98. The van der Waals surface area contributed by atoms with Crippen molar-refractivity contribution < 1.29 is 0 Å². The zero-order valence-electron chi connectivity index (χ0n) is 7.45. The van der Waals surface area contributed by atoms with Gasteiger partial charge in [0.1, 0.15) is 4.83 Å². The van der Waals surface area contributed by atoms with E-state index in [-0.39, 0.29) is 0 Å². The number of anilines is 1. The summed E-state index contributed by atoms with van der Waals surface area (Å²) in [6, 6.07) is 2.03. The molecule has 0 aromatic carbocycles. The average Bonchev–Trinajstić information content (AvgIpc) is 2.61. The molecule has 0 spiro atoms. The van der Waals surface area contributed by atoms with Crippen LogP contribution in [0.2, 0.25) is 0 Å². The molecule has 0 fully saturated rings. The number of fused-ring (bicyclic) bond motifs is 1. The molecule has 0 atom stereocenters. The Bertz CT molecular complexity index is 396. The number of hydrogen-bond acceptors (Lipinski definition) is 4. The van der Waals surface area contributed by atoms with Crippen molar-refractivity contribution in [2.75, 3.05) is 11.9 Å². The molecule has 0 saturated heterocycles. The van der Waals surface area contributed by atoms with E-state index < -0.39 is 0 Å². The van der Waals surface area contributed by atoms with Crippen molar-refractivity contribution >= 4 is 27.5 Å². The van der Waals surface area contributed by atoms with Crippen LogP contribution in [0, 0.1) is 0 Å². The van der Waals surface area contributed by atoms with Gasteiger partial charge in [0, 0.05) is 18.1 Å². The number of rotatable bonds is 3. The van der Waals surface area contributed by atoms with Crippen LogP contribution in [0.15, 0.2) is 17.6 Å². The van der Waals surface area contributed by atoms with Gasteiger partial charge < -0.3 is 5.32 Å². The fourth-order valence-corrected chi connectivity index (χ4v) is 1.82. The predicted molar refractivity (Wildman–Crippen MR) is 56.2 cm³/mol. The zero-order chi connectivity index (χ0) is 9.10. The van der Waals surface area contributed by atoms with Crippen molar-refractivity contribution in [2.24, 2.45) is 0 Å². The van der Waals surface area contributed by atoms with E-state index in [1.54, 1.807) is 11.3 Å². The topological polar surface area (TPSA) is 37.8 Å². The third-order valence-corrected chi connectivity index (χ3v) is 2.56. The van der Waals surface area contributed by atoms with Crippen molar-refractivity contribution in [1.29, 1.82) is 0 Å². The van der Waals surface area contributed by atoms with Crippen molar-refractivity contribution in [2.45, 2.75) is 13.3 Å². The minimum absolute atomic E-state index is 0.733. The molecule has 0 aliphatic carbocycles. The van der Waals surface area contributed by atoms with E-state index >= 15 is 0 Å². The van der Waals surface area contributed by atoms with Crippen molar-refractivity contribution in [3.05, 3.63) is 17.6 Å². The van der Waals surface area contributed by atoms with Crippen LogP contribution in [0.4, 0.5) is 5.95 Å². The molecule has 68 valence electrons. The maximum absolute atomic E-state index is 4.37. The summed E-state index contributed by atoms with van der Waals surface area (Å²) in [5, 5.41) is 6.31. The van der Waals surface area contributed by atoms with Crippen molar-refractivity contribution in [3.63, 3.8) is 0 Å². The third kappa shape index (κ3) is 1.78. The lowest BCUT2D eigenvalue weighted by Gasteiger charge is -2.00. The molecule has 2 rings (SSSR count). The highest BCUT2D eigenvalue weighted by molar-refractivity contribution is 7.16. The maximum atomic E-state index is 4.37. The number of thiophene rings is 1. The second kappa shape index (κ2) is 3.70. The molecule has 0 aliphatic heterocycles. The molecule has 0 radical (unpaired) electrons. The molecule has 2 aromatic rings. The predicted octanol–water partition coefficient (Wildman–Crippen LogP) is 2.51. The second-order valence-electron chi connectivity index (χ2n) is 2.80. The summed E-state index contributed by atoms with van der Waals surface area (Å²) in [6.07, 6.45) is 2.95. The zero-order valence-corrected chi connectivity index (χ0v) is 8.27. The Hall–Kier alpha value is -1.16. The van der Waals surface area contributed by atoms with E-state index in [1.807, 2.05) is 17.6 Å². The van der Waals surface area contributed by atoms with Crippen LogP contribution < -0.4 is 5.32 Å². The summed E-state index contributed by atoms with van der Waals surface area (Å²) >= 11 is 1.64. The van der Waals surface area contributed by atoms with E-state index in [0.29, 0.717) is 0 Å². The van der Waals surface area contributed by atoms with Gasteiger partial charge in [-0.1, -0.05) is 6.92 Å². The monoisotopic (exact) mass is 193 g/mol. The molecule has 0 unspecified atom stereocenters. The van der Waals surface area contributed by atoms with Gasteiger partial charge in [-0.05, 0) is 17.9 Å². The van der Waals surface area contributed by atoms with E-state index in [4.69, 9.17) is 0 Å². The molecule has 2 heterocycles. The van der Waals surface area contributed by atoms with Crippen molar-refractivity contribution in [1.82, 2.24) is 9.97 Å². The summed E-state index contributed by atoms with van der Waals surface area (Å²) in [7, 11) is 0. The molecule has 0 bridgehead atoms. The first-order valence-electron chi connectivity index (χ1n) is 4.34. The van der Waals surface area contributed by atoms with Gasteiger partial charge >= 0.3 is 0 Å². The van der Waals surface area contributed by atoms with Gasteiger partial charge in [0.05, 0.1) is 0 Å². The Morgan fingerprint density at radius 1 is 1.54 bits per heavy atom. The second-order valence-corrected chi connectivity index (χ2v) is 3.70. The fraction of sp³-hybridized carbons (Fsp3) is 0.333. The molecule has 3 nitrogen and oxygen atoms in total. The van der Waals surface area contributed by atoms with Gasteiger partial charge in [-0.2, -0.15) is 0 Å². The third-order valence-electron chi connectivity index (χ3n) is 1.74. The van der Waals surface area contributed by atoms with Crippen LogP contribution in [-0.2, 0) is 0 Å². The Labute approximate surface area is 80.8 Å². The van der Waals surface area contributed by atoms with Crippen LogP contribution in [-0.4, -0.2) is 16.5 Å². The lowest BCUT2D eigenvalue weighted by atomic mass is 10.4. The van der Waals surface area contributed by atoms with Crippen LogP contribution in [0.25, 0.3) is 10.2 Å². The summed E-state index contributed by atoms with van der Waals surface area (Å²) in [6.45, 7) is 3.05. The average molecular weight is 193 g/mol. The smallest absolute Gasteiger partial charge is 0.224 e. The molecule has 0 saturated carbocycles. The Balaban J connectivity index is 2.26. The minimum Gasteiger partial charge on any atom is -0.354 e. The summed E-state index contributed by atoms with van der Waals surface area (Å²) in [5.74, 6) is 0.733. The summed E-state index contributed by atoms with van der Waals surface area (Å²) < 4.78 is 0. The first kappa shape index (κ1) is 8.44. The molecular formula is C9H11N3S. The van der Waals surface area contributed by atoms with Crippen LogP contribution in [0.1, 0.15) is 13.3 Å². The number of nitrogens with zero attached hydrogens (tertiary/aromatic N) is 2. The summed E-state index contributed by atoms with van der Waals surface area (Å²) in [5.41, 5.74) is 0. The van der Waals surface area contributed by atoms with Gasteiger partial charge in [0.15, 0.2) is 0 Å². The molecule has 0 amide bonds. The number of hydrogen-bond donors (Lipinski definition) is 1. The molecule has 0 aliphatic rings. The van der Waals surface area contributed by atoms with Gasteiger partial charge in [-0.3, -0.25) is 0 Å². The lowest BCUT2D eigenvalue weighted by molar-refractivity contribution is 0.958. The van der Waals surface area contributed by atoms with Gasteiger partial charge in [0.25, 0.3) is 0 Å². The lowest BCUT2D eigenvalue weighted by Crippen LogP contribution is -2.03. The quantitative estimate of drug-likeness (QED) is 0.814. The molecule has 13 heavy (non-hydrogen) atoms. The van der Waals surface area contributed by atoms with Crippen LogP contribution in [0.3, 0.4) is 0 Å². The first-order chi connectivity index (χ1) is 6.40. The van der Waals surface area contributed by atoms with E-state index in [9.17, 15) is 0 Å². The SMILES string of the molecule is CCCNc1ncc2ccsc2n1. The Morgan fingerprint density at radius 2 is 2.46 bits per heavy atom. The van der Waals surface area contributed by atoms with Gasteiger partial charge in [-0.25, -0.2) is 9.97 Å². The van der Waals surface area contributed by atoms with E-state index in [0.717, 1.165) is 29.1 Å².